The summed E-state index contributed by atoms with van der Waals surface area (Å²) in [7, 11) is 0. The van der Waals surface area contributed by atoms with E-state index < -0.39 is 4.92 Å². The lowest BCUT2D eigenvalue weighted by atomic mass is 10.3. The number of pyridine rings is 1. The Balaban J connectivity index is 2.45. The predicted octanol–water partition coefficient (Wildman–Crippen LogP) is 1.11. The summed E-state index contributed by atoms with van der Waals surface area (Å²) in [4.78, 5) is 14.4. The van der Waals surface area contributed by atoms with Crippen molar-refractivity contribution >= 4 is 11.5 Å². The van der Waals surface area contributed by atoms with Crippen molar-refractivity contribution in [2.24, 2.45) is 0 Å². The van der Waals surface area contributed by atoms with Crippen LogP contribution in [-0.4, -0.2) is 41.4 Å². The molecule has 7 nitrogen and oxygen atoms in total. The van der Waals surface area contributed by atoms with E-state index in [1.54, 1.807) is 13.0 Å². The highest BCUT2D eigenvalue weighted by Crippen LogP contribution is 2.21. The summed E-state index contributed by atoms with van der Waals surface area (Å²) in [5, 5.41) is 22.2. The quantitative estimate of drug-likeness (QED) is 0.410. The zero-order valence-electron chi connectivity index (χ0n) is 10.3. The number of aliphatic hydroxyl groups excluding tert-OH is 1. The van der Waals surface area contributed by atoms with E-state index in [4.69, 9.17) is 9.84 Å². The van der Waals surface area contributed by atoms with Crippen LogP contribution < -0.4 is 5.32 Å². The fraction of sp³-hybridized carbons (Fsp3) is 0.545. The van der Waals surface area contributed by atoms with E-state index in [0.717, 1.165) is 5.69 Å². The van der Waals surface area contributed by atoms with Gasteiger partial charge < -0.3 is 15.2 Å². The van der Waals surface area contributed by atoms with Gasteiger partial charge in [-0.05, 0) is 19.4 Å². The average Bonchev–Trinajstić information content (AvgIpc) is 2.33. The van der Waals surface area contributed by atoms with Gasteiger partial charge in [-0.15, -0.1) is 0 Å². The number of nitrogens with one attached hydrogen (secondary N) is 1. The van der Waals surface area contributed by atoms with E-state index in [-0.39, 0.29) is 18.1 Å². The number of aliphatic hydroxyl groups is 1. The first kappa shape index (κ1) is 14.3. The molecule has 0 aliphatic heterocycles. The van der Waals surface area contributed by atoms with Gasteiger partial charge in [-0.2, -0.15) is 0 Å². The molecular formula is C11H17N3O4. The lowest BCUT2D eigenvalue weighted by Gasteiger charge is -2.07. The Labute approximate surface area is 105 Å². The molecule has 0 unspecified atom stereocenters. The standard InChI is InChI=1S/C11H17N3O4/c1-9-3-4-10(14(16)17)11(13-9)12-5-2-7-18-8-6-15/h3-4,15H,2,5-8H2,1H3,(H,12,13). The summed E-state index contributed by atoms with van der Waals surface area (Å²) in [5.74, 6) is 0.280. The molecule has 7 heteroatoms. The molecule has 0 amide bonds. The van der Waals surface area contributed by atoms with Gasteiger partial charge in [-0.3, -0.25) is 10.1 Å². The molecule has 1 heterocycles. The summed E-state index contributed by atoms with van der Waals surface area (Å²) >= 11 is 0. The van der Waals surface area contributed by atoms with Crippen LogP contribution in [-0.2, 0) is 4.74 Å². The van der Waals surface area contributed by atoms with Crippen LogP contribution in [0.4, 0.5) is 11.5 Å². The first-order valence-electron chi connectivity index (χ1n) is 5.69. The van der Waals surface area contributed by atoms with Crippen molar-refractivity contribution in [1.29, 1.82) is 0 Å². The highest BCUT2D eigenvalue weighted by molar-refractivity contribution is 5.55. The fourth-order valence-electron chi connectivity index (χ4n) is 1.37. The second-order valence-electron chi connectivity index (χ2n) is 3.69. The molecule has 100 valence electrons. The third kappa shape index (κ3) is 4.64. The fourth-order valence-corrected chi connectivity index (χ4v) is 1.37. The Bertz CT molecular complexity index is 398. The summed E-state index contributed by atoms with van der Waals surface area (Å²) in [5.41, 5.74) is 0.691. The Hall–Kier alpha value is -1.73. The molecule has 1 aromatic heterocycles. The molecule has 0 aromatic carbocycles. The number of ether oxygens (including phenoxy) is 1. The zero-order valence-corrected chi connectivity index (χ0v) is 10.3. The third-order valence-corrected chi connectivity index (χ3v) is 2.20. The molecular weight excluding hydrogens is 238 g/mol. The van der Waals surface area contributed by atoms with E-state index >= 15 is 0 Å². The van der Waals surface area contributed by atoms with Gasteiger partial charge in [0.25, 0.3) is 0 Å². The number of rotatable bonds is 8. The number of hydrogen-bond acceptors (Lipinski definition) is 6. The van der Waals surface area contributed by atoms with Gasteiger partial charge in [0, 0.05) is 24.9 Å². The average molecular weight is 255 g/mol. The van der Waals surface area contributed by atoms with Crippen molar-refractivity contribution in [3.63, 3.8) is 0 Å². The third-order valence-electron chi connectivity index (χ3n) is 2.20. The first-order valence-corrected chi connectivity index (χ1v) is 5.69. The minimum absolute atomic E-state index is 0.00165. The van der Waals surface area contributed by atoms with E-state index in [9.17, 15) is 10.1 Å². The lowest BCUT2D eigenvalue weighted by molar-refractivity contribution is -0.384. The van der Waals surface area contributed by atoms with E-state index in [0.29, 0.717) is 26.2 Å². The minimum Gasteiger partial charge on any atom is -0.394 e. The van der Waals surface area contributed by atoms with Gasteiger partial charge in [0.15, 0.2) is 0 Å². The molecule has 1 rings (SSSR count). The van der Waals surface area contributed by atoms with Crippen LogP contribution in [0.2, 0.25) is 0 Å². The van der Waals surface area contributed by atoms with Gasteiger partial charge in [0.1, 0.15) is 0 Å². The summed E-state index contributed by atoms with van der Waals surface area (Å²) in [6.07, 6.45) is 0.687. The molecule has 0 aliphatic carbocycles. The van der Waals surface area contributed by atoms with Crippen molar-refractivity contribution in [3.05, 3.63) is 27.9 Å². The SMILES string of the molecule is Cc1ccc([N+](=O)[O-])c(NCCCOCCO)n1. The van der Waals surface area contributed by atoms with Gasteiger partial charge >= 0.3 is 5.69 Å². The number of hydrogen-bond donors (Lipinski definition) is 2. The van der Waals surface area contributed by atoms with Gasteiger partial charge in [0.05, 0.1) is 18.1 Å². The largest absolute Gasteiger partial charge is 0.394 e. The topological polar surface area (TPSA) is 97.5 Å². The second-order valence-corrected chi connectivity index (χ2v) is 3.69. The highest BCUT2D eigenvalue weighted by Gasteiger charge is 2.14. The summed E-state index contributed by atoms with van der Waals surface area (Å²) in [6.45, 7) is 3.11. The Morgan fingerprint density at radius 3 is 2.94 bits per heavy atom. The maximum atomic E-state index is 10.8. The monoisotopic (exact) mass is 255 g/mol. The van der Waals surface area contributed by atoms with Crippen molar-refractivity contribution < 1.29 is 14.8 Å². The van der Waals surface area contributed by atoms with E-state index in [2.05, 4.69) is 10.3 Å². The summed E-state index contributed by atoms with van der Waals surface area (Å²) < 4.78 is 5.08. The van der Waals surface area contributed by atoms with Crippen LogP contribution in [0.25, 0.3) is 0 Å². The minimum atomic E-state index is -0.461. The maximum Gasteiger partial charge on any atom is 0.311 e. The number of aryl methyl sites for hydroxylation is 1. The maximum absolute atomic E-state index is 10.8. The van der Waals surface area contributed by atoms with Crippen LogP contribution in [0.3, 0.4) is 0 Å². The van der Waals surface area contributed by atoms with Crippen LogP contribution in [0.5, 0.6) is 0 Å². The molecule has 0 atom stereocenters. The number of aromatic nitrogens is 1. The molecule has 2 N–H and O–H groups in total. The second kappa shape index (κ2) is 7.57. The molecule has 0 bridgehead atoms. The Kier molecular flexibility index (Phi) is 6.03. The van der Waals surface area contributed by atoms with Crippen LogP contribution >= 0.6 is 0 Å². The molecule has 1 aromatic rings. The zero-order chi connectivity index (χ0) is 13.4. The molecule has 0 spiro atoms. The lowest BCUT2D eigenvalue weighted by Crippen LogP contribution is -2.10. The molecule has 0 aliphatic rings. The molecule has 0 radical (unpaired) electrons. The van der Waals surface area contributed by atoms with E-state index in [1.807, 2.05) is 0 Å². The van der Waals surface area contributed by atoms with Crippen molar-refractivity contribution in [2.75, 3.05) is 31.7 Å². The Morgan fingerprint density at radius 2 is 2.28 bits per heavy atom. The van der Waals surface area contributed by atoms with Gasteiger partial charge in [-0.25, -0.2) is 4.98 Å². The van der Waals surface area contributed by atoms with Crippen LogP contribution in [0.1, 0.15) is 12.1 Å². The first-order chi connectivity index (χ1) is 8.65. The van der Waals surface area contributed by atoms with Crippen molar-refractivity contribution in [2.45, 2.75) is 13.3 Å². The Morgan fingerprint density at radius 1 is 1.50 bits per heavy atom. The van der Waals surface area contributed by atoms with Crippen molar-refractivity contribution in [3.8, 4) is 0 Å². The number of nitro groups is 1. The van der Waals surface area contributed by atoms with Gasteiger partial charge in [0.2, 0.25) is 5.82 Å². The molecule has 0 saturated carbocycles. The van der Waals surface area contributed by atoms with E-state index in [1.165, 1.54) is 6.07 Å². The normalized spacial score (nSPS) is 10.3. The smallest absolute Gasteiger partial charge is 0.311 e. The van der Waals surface area contributed by atoms with Gasteiger partial charge in [-0.1, -0.05) is 0 Å². The molecule has 0 saturated heterocycles. The number of nitrogens with zero attached hydrogens (tertiary/aromatic N) is 2. The number of anilines is 1. The van der Waals surface area contributed by atoms with Crippen molar-refractivity contribution in [1.82, 2.24) is 4.98 Å². The summed E-state index contributed by atoms with van der Waals surface area (Å²) in [6, 6.07) is 3.04. The highest BCUT2D eigenvalue weighted by atomic mass is 16.6. The van der Waals surface area contributed by atoms with Crippen LogP contribution in [0.15, 0.2) is 12.1 Å². The molecule has 18 heavy (non-hydrogen) atoms. The molecule has 0 fully saturated rings. The van der Waals surface area contributed by atoms with Crippen LogP contribution in [0, 0.1) is 17.0 Å². The predicted molar refractivity (Wildman–Crippen MR) is 66.6 cm³/mol.